The number of carbonyl (C=O) groups is 2. The molecule has 1 amide bonds. The van der Waals surface area contributed by atoms with Crippen LogP contribution in [0.3, 0.4) is 0 Å². The number of carbonyl (C=O) groups excluding carboxylic acids is 1. The second kappa shape index (κ2) is 9.17. The van der Waals surface area contributed by atoms with E-state index in [-0.39, 0.29) is 17.2 Å². The van der Waals surface area contributed by atoms with Crippen molar-refractivity contribution >= 4 is 62.2 Å². The van der Waals surface area contributed by atoms with Crippen LogP contribution < -0.4 is 0 Å². The summed E-state index contributed by atoms with van der Waals surface area (Å²) < 4.78 is 3.33. The summed E-state index contributed by atoms with van der Waals surface area (Å²) in [7, 11) is 0. The van der Waals surface area contributed by atoms with E-state index in [4.69, 9.17) is 12.2 Å². The molecule has 33 heavy (non-hydrogen) atoms. The minimum atomic E-state index is -1.20. The van der Waals surface area contributed by atoms with Gasteiger partial charge in [-0.05, 0) is 67.4 Å². The first-order valence-electron chi connectivity index (χ1n) is 9.91. The molecule has 1 fully saturated rings. The van der Waals surface area contributed by atoms with E-state index >= 15 is 0 Å². The summed E-state index contributed by atoms with van der Waals surface area (Å²) >= 11 is 10.2. The maximum atomic E-state index is 13.1. The zero-order valence-electron chi connectivity index (χ0n) is 17.7. The molecule has 2 aromatic carbocycles. The van der Waals surface area contributed by atoms with E-state index in [1.165, 1.54) is 23.9 Å². The minimum absolute atomic E-state index is 0.146. The number of hydrogen-bond donors (Lipinski definition) is 2. The molecule has 0 bridgehead atoms. The van der Waals surface area contributed by atoms with Crippen LogP contribution in [0.15, 0.2) is 57.9 Å². The highest BCUT2D eigenvalue weighted by atomic mass is 79.9. The minimum Gasteiger partial charge on any atom is -0.507 e. The van der Waals surface area contributed by atoms with Crippen molar-refractivity contribution in [3.05, 3.63) is 86.0 Å². The topological polar surface area (TPSA) is 82.8 Å². The number of halogens is 1. The standard InChI is InChI=1S/C24H19BrN2O4S2/c1-13-8-16(14(2)27(13)18-6-7-20(28)19(11-18)23(30)31)10-21-22(29)26(24(32)33-21)12-15-4-3-5-17(25)9-15/h3-11,28H,12H2,1-2H3,(H,30,31)/b21-10-. The lowest BCUT2D eigenvalue weighted by atomic mass is 10.1. The van der Waals surface area contributed by atoms with Gasteiger partial charge in [0.2, 0.25) is 0 Å². The summed E-state index contributed by atoms with van der Waals surface area (Å²) in [6, 6.07) is 14.1. The van der Waals surface area contributed by atoms with Crippen molar-refractivity contribution in [3.63, 3.8) is 0 Å². The van der Waals surface area contributed by atoms with Gasteiger partial charge in [-0.15, -0.1) is 0 Å². The largest absolute Gasteiger partial charge is 0.507 e. The number of aromatic hydroxyl groups is 1. The van der Waals surface area contributed by atoms with Crippen LogP contribution in [-0.2, 0) is 11.3 Å². The third-order valence-corrected chi connectivity index (χ3v) is 7.20. The lowest BCUT2D eigenvalue weighted by molar-refractivity contribution is -0.122. The Bertz CT molecular complexity index is 1350. The van der Waals surface area contributed by atoms with Crippen molar-refractivity contribution in [1.82, 2.24) is 9.47 Å². The summed E-state index contributed by atoms with van der Waals surface area (Å²) in [5.41, 5.74) is 3.95. The van der Waals surface area contributed by atoms with Gasteiger partial charge < -0.3 is 14.8 Å². The first-order valence-corrected chi connectivity index (χ1v) is 11.9. The average molecular weight is 543 g/mol. The van der Waals surface area contributed by atoms with Crippen LogP contribution >= 0.6 is 39.9 Å². The molecule has 0 radical (unpaired) electrons. The van der Waals surface area contributed by atoms with Crippen LogP contribution in [0.4, 0.5) is 0 Å². The summed E-state index contributed by atoms with van der Waals surface area (Å²) in [6.45, 7) is 4.19. The average Bonchev–Trinajstić information content (AvgIpc) is 3.18. The van der Waals surface area contributed by atoms with Gasteiger partial charge in [0, 0.05) is 21.5 Å². The number of aryl methyl sites for hydroxylation is 1. The van der Waals surface area contributed by atoms with Crippen LogP contribution in [0, 0.1) is 13.8 Å². The van der Waals surface area contributed by atoms with Gasteiger partial charge in [-0.3, -0.25) is 9.69 Å². The fourth-order valence-electron chi connectivity index (χ4n) is 3.76. The van der Waals surface area contributed by atoms with Gasteiger partial charge in [-0.25, -0.2) is 4.79 Å². The zero-order valence-corrected chi connectivity index (χ0v) is 20.9. The molecule has 6 nitrogen and oxygen atoms in total. The van der Waals surface area contributed by atoms with Gasteiger partial charge in [0.1, 0.15) is 15.6 Å². The highest BCUT2D eigenvalue weighted by Gasteiger charge is 2.32. The molecule has 0 unspecified atom stereocenters. The molecule has 1 aliphatic heterocycles. The monoisotopic (exact) mass is 542 g/mol. The number of phenols is 1. The van der Waals surface area contributed by atoms with Crippen LogP contribution in [0.5, 0.6) is 5.75 Å². The van der Waals surface area contributed by atoms with Gasteiger partial charge in [0.25, 0.3) is 5.91 Å². The molecule has 1 aromatic heterocycles. The molecule has 0 spiro atoms. The number of nitrogens with zero attached hydrogens (tertiary/aromatic N) is 2. The predicted octanol–water partition coefficient (Wildman–Crippen LogP) is 5.66. The van der Waals surface area contributed by atoms with Gasteiger partial charge in [0.05, 0.1) is 11.4 Å². The number of carboxylic acids is 1. The van der Waals surface area contributed by atoms with E-state index in [9.17, 15) is 19.8 Å². The number of amides is 1. The van der Waals surface area contributed by atoms with E-state index in [0.29, 0.717) is 21.5 Å². The molecule has 0 atom stereocenters. The Kier molecular flexibility index (Phi) is 6.47. The smallest absolute Gasteiger partial charge is 0.339 e. The molecule has 2 heterocycles. The molecule has 9 heteroatoms. The number of thioether (sulfide) groups is 1. The van der Waals surface area contributed by atoms with Gasteiger partial charge in [-0.1, -0.05) is 52.0 Å². The summed E-state index contributed by atoms with van der Waals surface area (Å²) in [4.78, 5) is 26.6. The number of rotatable bonds is 5. The molecule has 2 N–H and O–H groups in total. The fourth-order valence-corrected chi connectivity index (χ4v) is 5.45. The summed E-state index contributed by atoms with van der Waals surface area (Å²) in [6.07, 6.45) is 1.82. The van der Waals surface area contributed by atoms with Crippen molar-refractivity contribution in [2.45, 2.75) is 20.4 Å². The summed E-state index contributed by atoms with van der Waals surface area (Å²) in [5, 5.41) is 19.2. The third kappa shape index (κ3) is 4.62. The lowest BCUT2D eigenvalue weighted by Crippen LogP contribution is -2.27. The normalized spacial score (nSPS) is 15.0. The van der Waals surface area contributed by atoms with Crippen molar-refractivity contribution in [1.29, 1.82) is 0 Å². The fraction of sp³-hybridized carbons (Fsp3) is 0.125. The Labute approximate surface area is 208 Å². The number of aromatic nitrogens is 1. The Morgan fingerprint density at radius 2 is 1.94 bits per heavy atom. The molecule has 168 valence electrons. The van der Waals surface area contributed by atoms with Gasteiger partial charge in [-0.2, -0.15) is 0 Å². The molecular formula is C24H19BrN2O4S2. The Morgan fingerprint density at radius 1 is 1.18 bits per heavy atom. The van der Waals surface area contributed by atoms with Crippen LogP contribution in [0.25, 0.3) is 11.8 Å². The number of benzene rings is 2. The second-order valence-electron chi connectivity index (χ2n) is 7.57. The zero-order chi connectivity index (χ0) is 23.9. The molecule has 1 saturated heterocycles. The van der Waals surface area contributed by atoms with Crippen molar-refractivity contribution < 1.29 is 19.8 Å². The first-order chi connectivity index (χ1) is 15.7. The molecule has 3 aromatic rings. The van der Waals surface area contributed by atoms with E-state index < -0.39 is 5.97 Å². The molecular weight excluding hydrogens is 524 g/mol. The third-order valence-electron chi connectivity index (χ3n) is 5.33. The van der Waals surface area contributed by atoms with E-state index in [2.05, 4.69) is 15.9 Å². The van der Waals surface area contributed by atoms with E-state index in [1.807, 2.05) is 54.8 Å². The molecule has 0 saturated carbocycles. The van der Waals surface area contributed by atoms with Gasteiger partial charge >= 0.3 is 5.97 Å². The van der Waals surface area contributed by atoms with Crippen LogP contribution in [0.2, 0.25) is 0 Å². The predicted molar refractivity (Wildman–Crippen MR) is 137 cm³/mol. The Balaban J connectivity index is 1.65. The van der Waals surface area contributed by atoms with Gasteiger partial charge in [0.15, 0.2) is 0 Å². The lowest BCUT2D eigenvalue weighted by Gasteiger charge is -2.14. The maximum Gasteiger partial charge on any atom is 0.339 e. The van der Waals surface area contributed by atoms with Crippen LogP contribution in [0.1, 0.15) is 32.9 Å². The second-order valence-corrected chi connectivity index (χ2v) is 10.2. The van der Waals surface area contributed by atoms with E-state index in [1.54, 1.807) is 11.0 Å². The number of aromatic carboxylic acids is 1. The molecule has 4 rings (SSSR count). The van der Waals surface area contributed by atoms with E-state index in [0.717, 1.165) is 27.0 Å². The molecule has 1 aliphatic rings. The highest BCUT2D eigenvalue weighted by Crippen LogP contribution is 2.35. The highest BCUT2D eigenvalue weighted by molar-refractivity contribution is 9.10. The maximum absolute atomic E-state index is 13.1. The number of carboxylic acid groups (broad SMARTS) is 1. The van der Waals surface area contributed by atoms with Crippen LogP contribution in [-0.4, -0.2) is 35.9 Å². The van der Waals surface area contributed by atoms with Crippen molar-refractivity contribution in [2.24, 2.45) is 0 Å². The Morgan fingerprint density at radius 3 is 2.64 bits per heavy atom. The Hall–Kier alpha value is -2.88. The summed E-state index contributed by atoms with van der Waals surface area (Å²) in [5.74, 6) is -1.64. The SMILES string of the molecule is Cc1cc(/C=C2\SC(=S)N(Cc3cccc(Br)c3)C2=O)c(C)n1-c1ccc(O)c(C(=O)O)c1. The van der Waals surface area contributed by atoms with Crippen molar-refractivity contribution in [3.8, 4) is 11.4 Å². The number of hydrogen-bond acceptors (Lipinski definition) is 5. The molecule has 0 aliphatic carbocycles. The number of thiocarbonyl (C=S) groups is 1. The first kappa shape index (κ1) is 23.3. The van der Waals surface area contributed by atoms with Crippen molar-refractivity contribution in [2.75, 3.05) is 0 Å². The quantitative estimate of drug-likeness (QED) is 0.319.